The van der Waals surface area contributed by atoms with E-state index in [-0.39, 0.29) is 0 Å². The number of ether oxygens (including phenoxy) is 1. The Bertz CT molecular complexity index is 650. The molecule has 1 saturated heterocycles. The van der Waals surface area contributed by atoms with E-state index in [1.807, 2.05) is 29.1 Å². The lowest BCUT2D eigenvalue weighted by molar-refractivity contribution is 0.0376. The van der Waals surface area contributed by atoms with E-state index in [1.54, 1.807) is 12.5 Å². The number of furan rings is 1. The van der Waals surface area contributed by atoms with Crippen LogP contribution >= 0.6 is 0 Å². The molecule has 3 heterocycles. The van der Waals surface area contributed by atoms with Crippen molar-refractivity contribution in [1.82, 2.24) is 25.3 Å². The summed E-state index contributed by atoms with van der Waals surface area (Å²) < 4.78 is 12.7. The summed E-state index contributed by atoms with van der Waals surface area (Å²) in [6.07, 6.45) is 8.39. The molecule has 1 aliphatic heterocycles. The van der Waals surface area contributed by atoms with Gasteiger partial charge in [0.05, 0.1) is 19.5 Å². The summed E-state index contributed by atoms with van der Waals surface area (Å²) in [5.74, 6) is 1.85. The molecule has 0 bridgehead atoms. The minimum Gasteiger partial charge on any atom is -0.469 e. The maximum atomic E-state index is 5.40. The van der Waals surface area contributed by atoms with Crippen LogP contribution in [0.2, 0.25) is 0 Å². The lowest BCUT2D eigenvalue weighted by Gasteiger charge is -2.26. The molecule has 28 heavy (non-hydrogen) atoms. The number of guanidine groups is 1. The molecule has 0 atom stereocenters. The first-order valence-electron chi connectivity index (χ1n) is 10.2. The number of aromatic nitrogens is 2. The number of hydrogen-bond acceptors (Lipinski definition) is 5. The fourth-order valence-electron chi connectivity index (χ4n) is 3.12. The molecular weight excluding hydrogens is 356 g/mol. The summed E-state index contributed by atoms with van der Waals surface area (Å²) >= 11 is 0. The van der Waals surface area contributed by atoms with Gasteiger partial charge in [-0.15, -0.1) is 0 Å². The van der Waals surface area contributed by atoms with E-state index in [1.165, 1.54) is 0 Å². The largest absolute Gasteiger partial charge is 0.469 e. The van der Waals surface area contributed by atoms with Gasteiger partial charge in [0.25, 0.3) is 0 Å². The van der Waals surface area contributed by atoms with Crippen LogP contribution in [0.5, 0.6) is 0 Å². The maximum absolute atomic E-state index is 5.40. The Morgan fingerprint density at radius 1 is 1.11 bits per heavy atom. The van der Waals surface area contributed by atoms with Crippen molar-refractivity contribution in [2.45, 2.75) is 25.8 Å². The SMILES string of the molecule is c1coc(CCNC(=NCCCn2cccn2)NCCCN2CCOCC2)c1. The average Bonchev–Trinajstić information content (AvgIpc) is 3.43. The van der Waals surface area contributed by atoms with Gasteiger partial charge in [0.1, 0.15) is 5.76 Å². The van der Waals surface area contributed by atoms with Crippen molar-refractivity contribution >= 4 is 5.96 Å². The zero-order valence-corrected chi connectivity index (χ0v) is 16.6. The van der Waals surface area contributed by atoms with E-state index in [0.29, 0.717) is 0 Å². The lowest BCUT2D eigenvalue weighted by Crippen LogP contribution is -2.41. The minimum atomic E-state index is 0.763. The van der Waals surface area contributed by atoms with Gasteiger partial charge in [-0.25, -0.2) is 0 Å². The first kappa shape index (κ1) is 20.4. The third kappa shape index (κ3) is 7.74. The topological polar surface area (TPSA) is 79.8 Å². The molecule has 1 aliphatic rings. The van der Waals surface area contributed by atoms with Crippen LogP contribution in [0.4, 0.5) is 0 Å². The highest BCUT2D eigenvalue weighted by Gasteiger charge is 2.09. The van der Waals surface area contributed by atoms with Crippen LogP contribution < -0.4 is 10.6 Å². The zero-order chi connectivity index (χ0) is 19.3. The molecule has 0 amide bonds. The summed E-state index contributed by atoms with van der Waals surface area (Å²) in [5, 5.41) is 11.1. The van der Waals surface area contributed by atoms with Gasteiger partial charge in [-0.2, -0.15) is 5.10 Å². The van der Waals surface area contributed by atoms with Crippen molar-refractivity contribution < 1.29 is 9.15 Å². The molecule has 0 radical (unpaired) electrons. The van der Waals surface area contributed by atoms with Crippen molar-refractivity contribution in [3.05, 3.63) is 42.6 Å². The van der Waals surface area contributed by atoms with Crippen LogP contribution in [0.15, 0.2) is 46.3 Å². The molecule has 0 aliphatic carbocycles. The number of morpholine rings is 1. The molecule has 3 rings (SSSR count). The smallest absolute Gasteiger partial charge is 0.191 e. The van der Waals surface area contributed by atoms with E-state index in [4.69, 9.17) is 14.1 Å². The quantitative estimate of drug-likeness (QED) is 0.344. The van der Waals surface area contributed by atoms with Gasteiger partial charge < -0.3 is 19.8 Å². The molecule has 0 aromatic carbocycles. The number of rotatable bonds is 11. The second-order valence-electron chi connectivity index (χ2n) is 6.84. The second kappa shape index (κ2) is 12.2. The van der Waals surface area contributed by atoms with E-state index in [0.717, 1.165) is 90.0 Å². The highest BCUT2D eigenvalue weighted by atomic mass is 16.5. The van der Waals surface area contributed by atoms with Gasteiger partial charge in [0.15, 0.2) is 5.96 Å². The molecular formula is C20H32N6O2. The van der Waals surface area contributed by atoms with E-state index < -0.39 is 0 Å². The first-order chi connectivity index (χ1) is 13.9. The van der Waals surface area contributed by atoms with Gasteiger partial charge >= 0.3 is 0 Å². The van der Waals surface area contributed by atoms with E-state index >= 15 is 0 Å². The number of hydrogen-bond donors (Lipinski definition) is 2. The fourth-order valence-corrected chi connectivity index (χ4v) is 3.12. The van der Waals surface area contributed by atoms with E-state index in [2.05, 4.69) is 20.6 Å². The van der Waals surface area contributed by atoms with Crippen molar-refractivity contribution in [1.29, 1.82) is 0 Å². The predicted octanol–water partition coefficient (Wildman–Crippen LogP) is 1.37. The van der Waals surface area contributed by atoms with Crippen LogP contribution in [0.1, 0.15) is 18.6 Å². The molecule has 154 valence electrons. The minimum absolute atomic E-state index is 0.763. The Labute approximate surface area is 166 Å². The second-order valence-corrected chi connectivity index (χ2v) is 6.84. The molecule has 8 nitrogen and oxygen atoms in total. The summed E-state index contributed by atoms with van der Waals surface area (Å²) in [6, 6.07) is 5.86. The molecule has 1 fully saturated rings. The van der Waals surface area contributed by atoms with E-state index in [9.17, 15) is 0 Å². The third-order valence-corrected chi connectivity index (χ3v) is 4.67. The molecule has 8 heteroatoms. The highest BCUT2D eigenvalue weighted by molar-refractivity contribution is 5.79. The predicted molar refractivity (Wildman–Crippen MR) is 109 cm³/mol. The van der Waals surface area contributed by atoms with Crippen molar-refractivity contribution in [3.8, 4) is 0 Å². The highest BCUT2D eigenvalue weighted by Crippen LogP contribution is 2.00. The summed E-state index contributed by atoms with van der Waals surface area (Å²) in [4.78, 5) is 7.17. The number of aryl methyl sites for hydroxylation is 1. The number of aliphatic imine (C=N–C) groups is 1. The summed E-state index contributed by atoms with van der Waals surface area (Å²) in [5.41, 5.74) is 0. The van der Waals surface area contributed by atoms with Crippen molar-refractivity contribution in [2.24, 2.45) is 4.99 Å². The third-order valence-electron chi connectivity index (χ3n) is 4.67. The normalized spacial score (nSPS) is 15.6. The van der Waals surface area contributed by atoms with Gasteiger partial charge in [0.2, 0.25) is 0 Å². The standard InChI is InChI=1S/C20H32N6O2/c1-5-19(28-16-1)6-10-23-20(22-8-3-12-26-13-4-9-24-26)21-7-2-11-25-14-17-27-18-15-25/h1,4-5,9,13,16H,2-3,6-8,10-12,14-15,17-18H2,(H2,21,22,23). The Morgan fingerprint density at radius 3 is 2.79 bits per heavy atom. The van der Waals surface area contributed by atoms with Crippen molar-refractivity contribution in [3.63, 3.8) is 0 Å². The van der Waals surface area contributed by atoms with Crippen LogP contribution in [0.25, 0.3) is 0 Å². The Morgan fingerprint density at radius 2 is 2.00 bits per heavy atom. The number of nitrogens with one attached hydrogen (secondary N) is 2. The molecule has 0 spiro atoms. The van der Waals surface area contributed by atoms with Crippen LogP contribution in [-0.2, 0) is 17.7 Å². The Balaban J connectivity index is 1.37. The molecule has 2 aromatic heterocycles. The summed E-state index contributed by atoms with van der Waals surface area (Å²) in [7, 11) is 0. The van der Waals surface area contributed by atoms with Gasteiger partial charge in [-0.05, 0) is 37.6 Å². The van der Waals surface area contributed by atoms with Crippen molar-refractivity contribution in [2.75, 3.05) is 52.5 Å². The Kier molecular flexibility index (Phi) is 8.90. The maximum Gasteiger partial charge on any atom is 0.191 e. The average molecular weight is 389 g/mol. The molecule has 0 unspecified atom stereocenters. The monoisotopic (exact) mass is 388 g/mol. The summed E-state index contributed by atoms with van der Waals surface area (Å²) in [6.45, 7) is 8.22. The zero-order valence-electron chi connectivity index (χ0n) is 16.6. The Hall–Kier alpha value is -2.32. The van der Waals surface area contributed by atoms with Gasteiger partial charge in [-0.3, -0.25) is 14.6 Å². The lowest BCUT2D eigenvalue weighted by atomic mass is 10.3. The van der Waals surface area contributed by atoms with Crippen LogP contribution in [-0.4, -0.2) is 73.1 Å². The number of nitrogens with zero attached hydrogens (tertiary/aromatic N) is 4. The molecule has 0 saturated carbocycles. The molecule has 2 aromatic rings. The first-order valence-corrected chi connectivity index (χ1v) is 10.2. The van der Waals surface area contributed by atoms with Gasteiger partial charge in [-0.1, -0.05) is 0 Å². The van der Waals surface area contributed by atoms with Crippen LogP contribution in [0, 0.1) is 0 Å². The van der Waals surface area contributed by atoms with Crippen LogP contribution in [0.3, 0.4) is 0 Å². The molecule has 2 N–H and O–H groups in total. The fraction of sp³-hybridized carbons (Fsp3) is 0.600. The van der Waals surface area contributed by atoms with Gasteiger partial charge in [0, 0.05) is 58.1 Å².